The van der Waals surface area contributed by atoms with Gasteiger partial charge < -0.3 is 9.67 Å². The summed E-state index contributed by atoms with van der Waals surface area (Å²) >= 11 is 0. The lowest BCUT2D eigenvalue weighted by Crippen LogP contribution is -2.36. The fourth-order valence-electron chi connectivity index (χ4n) is 2.72. The monoisotopic (exact) mass is 368 g/mol. The number of pyridine rings is 1. The first-order chi connectivity index (χ1) is 11.6. The van der Waals surface area contributed by atoms with E-state index in [-0.39, 0.29) is 29.6 Å². The minimum absolute atomic E-state index is 0.00537. The average molecular weight is 368 g/mol. The predicted octanol–water partition coefficient (Wildman–Crippen LogP) is 0.582. The summed E-state index contributed by atoms with van der Waals surface area (Å²) in [6, 6.07) is 4.69. The number of aliphatic hydroxyl groups is 1. The summed E-state index contributed by atoms with van der Waals surface area (Å²) in [5.41, 5.74) is 0.704. The first-order valence-electron chi connectivity index (χ1n) is 8.02. The minimum atomic E-state index is -3.81. The summed E-state index contributed by atoms with van der Waals surface area (Å²) < 4.78 is 30.6. The van der Waals surface area contributed by atoms with Crippen molar-refractivity contribution in [3.05, 3.63) is 46.1 Å². The third-order valence-corrected chi connectivity index (χ3v) is 5.51. The van der Waals surface area contributed by atoms with E-state index in [1.807, 2.05) is 13.8 Å². The van der Waals surface area contributed by atoms with Crippen LogP contribution in [0.1, 0.15) is 31.3 Å². The van der Waals surface area contributed by atoms with Crippen molar-refractivity contribution in [2.24, 2.45) is 0 Å². The number of aromatic nitrogens is 3. The third kappa shape index (κ3) is 4.36. The third-order valence-electron chi connectivity index (χ3n) is 3.83. The maximum absolute atomic E-state index is 12.6. The van der Waals surface area contributed by atoms with Crippen molar-refractivity contribution in [3.8, 4) is 0 Å². The molecule has 2 aromatic heterocycles. The second-order valence-electron chi connectivity index (χ2n) is 6.24. The average Bonchev–Trinajstić information content (AvgIpc) is 2.83. The second kappa shape index (κ2) is 7.51. The van der Waals surface area contributed by atoms with Gasteiger partial charge >= 0.3 is 0 Å². The predicted molar refractivity (Wildman–Crippen MR) is 94.0 cm³/mol. The summed E-state index contributed by atoms with van der Waals surface area (Å²) in [5.74, 6) is 0. The van der Waals surface area contributed by atoms with Crippen LogP contribution in [0, 0.1) is 13.8 Å². The molecular weight excluding hydrogens is 344 g/mol. The van der Waals surface area contributed by atoms with Crippen molar-refractivity contribution in [2.45, 2.75) is 51.3 Å². The van der Waals surface area contributed by atoms with Crippen LogP contribution < -0.4 is 10.3 Å². The highest BCUT2D eigenvalue weighted by Crippen LogP contribution is 2.21. The van der Waals surface area contributed by atoms with Gasteiger partial charge in [0.1, 0.15) is 4.90 Å². The Morgan fingerprint density at radius 1 is 1.28 bits per heavy atom. The molecule has 2 rings (SSSR count). The highest BCUT2D eigenvalue weighted by atomic mass is 32.2. The molecule has 0 bridgehead atoms. The summed E-state index contributed by atoms with van der Waals surface area (Å²) in [5, 5.41) is 14.3. The molecule has 2 heterocycles. The molecule has 1 unspecified atom stereocenters. The van der Waals surface area contributed by atoms with Crippen LogP contribution in [0.3, 0.4) is 0 Å². The zero-order chi connectivity index (χ0) is 18.8. The number of hydrogen-bond donors (Lipinski definition) is 2. The van der Waals surface area contributed by atoms with E-state index in [9.17, 15) is 18.3 Å². The lowest BCUT2D eigenvalue weighted by molar-refractivity contribution is 0.156. The van der Waals surface area contributed by atoms with Crippen LogP contribution in [0.5, 0.6) is 0 Å². The molecule has 0 spiro atoms. The Labute approximate surface area is 147 Å². The first kappa shape index (κ1) is 19.4. The topological polar surface area (TPSA) is 106 Å². The van der Waals surface area contributed by atoms with Gasteiger partial charge in [-0.05, 0) is 33.8 Å². The van der Waals surface area contributed by atoms with Gasteiger partial charge in [-0.1, -0.05) is 6.07 Å². The van der Waals surface area contributed by atoms with Crippen molar-refractivity contribution in [1.82, 2.24) is 19.1 Å². The Balaban J connectivity index is 2.12. The highest BCUT2D eigenvalue weighted by molar-refractivity contribution is 7.89. The normalized spacial score (nSPS) is 13.4. The minimum Gasteiger partial charge on any atom is -0.390 e. The quantitative estimate of drug-likeness (QED) is 0.744. The van der Waals surface area contributed by atoms with E-state index in [0.29, 0.717) is 11.4 Å². The van der Waals surface area contributed by atoms with Gasteiger partial charge in [0.15, 0.2) is 0 Å². The molecule has 2 N–H and O–H groups in total. The van der Waals surface area contributed by atoms with Gasteiger partial charge in [0.05, 0.1) is 24.0 Å². The fourth-order valence-corrected chi connectivity index (χ4v) is 4.19. The number of rotatable bonds is 7. The summed E-state index contributed by atoms with van der Waals surface area (Å²) in [4.78, 5) is 11.8. The molecule has 1 atom stereocenters. The van der Waals surface area contributed by atoms with E-state index in [1.165, 1.54) is 10.6 Å². The number of aliphatic hydroxyl groups excluding tert-OH is 1. The smallest absolute Gasteiger partial charge is 0.250 e. The Kier molecular flexibility index (Phi) is 5.81. The number of nitrogens with one attached hydrogen (secondary N) is 1. The molecule has 0 fully saturated rings. The van der Waals surface area contributed by atoms with E-state index in [0.717, 1.165) is 0 Å². The van der Waals surface area contributed by atoms with Crippen LogP contribution in [-0.2, 0) is 16.6 Å². The molecule has 0 radical (unpaired) electrons. The van der Waals surface area contributed by atoms with Crippen LogP contribution in [0.15, 0.2) is 34.1 Å². The molecule has 138 valence electrons. The van der Waals surface area contributed by atoms with Crippen LogP contribution in [-0.4, -0.2) is 40.5 Å². The maximum Gasteiger partial charge on any atom is 0.250 e. The standard InChI is InChI=1S/C16H24N4O4S/c1-11(2)20-13(4)16(12(3)18-20)25(23,24)17-9-14(21)10-19-8-6-5-7-15(19)22/h5-8,11,14,17,21H,9-10H2,1-4H3. The Morgan fingerprint density at radius 3 is 2.52 bits per heavy atom. The van der Waals surface area contributed by atoms with E-state index < -0.39 is 16.1 Å². The molecule has 9 heteroatoms. The van der Waals surface area contributed by atoms with E-state index >= 15 is 0 Å². The fraction of sp³-hybridized carbons (Fsp3) is 0.500. The first-order valence-corrected chi connectivity index (χ1v) is 9.50. The largest absolute Gasteiger partial charge is 0.390 e. The van der Waals surface area contributed by atoms with E-state index in [2.05, 4.69) is 9.82 Å². The molecule has 8 nitrogen and oxygen atoms in total. The van der Waals surface area contributed by atoms with E-state index in [4.69, 9.17) is 0 Å². The van der Waals surface area contributed by atoms with Gasteiger partial charge in [0.2, 0.25) is 10.0 Å². The summed E-state index contributed by atoms with van der Waals surface area (Å²) in [6.45, 7) is 6.99. The number of sulfonamides is 1. The molecule has 2 aromatic rings. The van der Waals surface area contributed by atoms with Gasteiger partial charge in [-0.2, -0.15) is 5.10 Å². The molecule has 0 aliphatic heterocycles. The van der Waals surface area contributed by atoms with Crippen molar-refractivity contribution in [3.63, 3.8) is 0 Å². The van der Waals surface area contributed by atoms with Gasteiger partial charge in [0, 0.05) is 24.8 Å². The molecule has 0 aliphatic carbocycles. The van der Waals surface area contributed by atoms with Crippen molar-refractivity contribution in [1.29, 1.82) is 0 Å². The molecule has 0 saturated carbocycles. The van der Waals surface area contributed by atoms with Crippen molar-refractivity contribution < 1.29 is 13.5 Å². The van der Waals surface area contributed by atoms with Gasteiger partial charge in [-0.3, -0.25) is 9.48 Å². The summed E-state index contributed by atoms with van der Waals surface area (Å²) in [6.07, 6.45) is 0.511. The van der Waals surface area contributed by atoms with Crippen LogP contribution >= 0.6 is 0 Å². The van der Waals surface area contributed by atoms with Gasteiger partial charge in [-0.15, -0.1) is 0 Å². The molecule has 0 aliphatic rings. The SMILES string of the molecule is Cc1nn(C(C)C)c(C)c1S(=O)(=O)NCC(O)Cn1ccccc1=O. The summed E-state index contributed by atoms with van der Waals surface area (Å²) in [7, 11) is -3.81. The van der Waals surface area contributed by atoms with Crippen LogP contribution in [0.2, 0.25) is 0 Å². The number of nitrogens with zero attached hydrogens (tertiary/aromatic N) is 3. The Morgan fingerprint density at radius 2 is 1.96 bits per heavy atom. The lowest BCUT2D eigenvalue weighted by Gasteiger charge is -2.14. The Hall–Kier alpha value is -1.97. The van der Waals surface area contributed by atoms with Crippen LogP contribution in [0.4, 0.5) is 0 Å². The lowest BCUT2D eigenvalue weighted by atomic mass is 10.3. The van der Waals surface area contributed by atoms with Gasteiger partial charge in [0.25, 0.3) is 5.56 Å². The Bertz CT molecular complexity index is 899. The van der Waals surface area contributed by atoms with Crippen LogP contribution in [0.25, 0.3) is 0 Å². The maximum atomic E-state index is 12.6. The second-order valence-corrected chi connectivity index (χ2v) is 7.94. The zero-order valence-electron chi connectivity index (χ0n) is 14.8. The molecule has 0 saturated heterocycles. The van der Waals surface area contributed by atoms with E-state index in [1.54, 1.807) is 36.9 Å². The highest BCUT2D eigenvalue weighted by Gasteiger charge is 2.25. The number of hydrogen-bond acceptors (Lipinski definition) is 5. The van der Waals surface area contributed by atoms with Crippen molar-refractivity contribution >= 4 is 10.0 Å². The molecule has 25 heavy (non-hydrogen) atoms. The molecule has 0 amide bonds. The molecular formula is C16H24N4O4S. The number of aryl methyl sites for hydroxylation is 1. The zero-order valence-corrected chi connectivity index (χ0v) is 15.6. The van der Waals surface area contributed by atoms with Crippen molar-refractivity contribution in [2.75, 3.05) is 6.54 Å². The van der Waals surface area contributed by atoms with Gasteiger partial charge in [-0.25, -0.2) is 13.1 Å². The molecule has 0 aromatic carbocycles.